The molecular weight excluding hydrogens is 244 g/mol. The van der Waals surface area contributed by atoms with Crippen LogP contribution in [-0.4, -0.2) is 12.8 Å². The topological polar surface area (TPSA) is 72.6 Å². The third-order valence-electron chi connectivity index (χ3n) is 2.41. The predicted octanol–water partition coefficient (Wildman–Crippen LogP) is 4.35. The summed E-state index contributed by atoms with van der Waals surface area (Å²) in [5.74, 6) is 0. The highest BCUT2D eigenvalue weighted by molar-refractivity contribution is 8.01. The summed E-state index contributed by atoms with van der Waals surface area (Å²) in [6.07, 6.45) is 3.71. The molecule has 0 aliphatic carbocycles. The fourth-order valence-electron chi connectivity index (χ4n) is 1.56. The van der Waals surface area contributed by atoms with E-state index in [2.05, 4.69) is 21.5 Å². The number of nitriles is 1. The van der Waals surface area contributed by atoms with Crippen molar-refractivity contribution in [2.75, 3.05) is 12.8 Å². The highest BCUT2D eigenvalue weighted by Crippen LogP contribution is 2.23. The minimum Gasteiger partial charge on any atom is -0.192 e. The number of hydrogen-bond acceptors (Lipinski definition) is 3. The smallest absolute Gasteiger partial charge is 0.0991 e. The van der Waals surface area contributed by atoms with E-state index in [0.29, 0.717) is 12.1 Å². The fraction of sp³-hybridized carbons (Fsp3) is 0.308. The molecule has 0 aliphatic rings. The van der Waals surface area contributed by atoms with Gasteiger partial charge in [0.05, 0.1) is 11.6 Å². The van der Waals surface area contributed by atoms with Gasteiger partial charge in [-0.1, -0.05) is 17.2 Å². The normalized spacial score (nSPS) is 10.6. The molecule has 0 amide bonds. The Morgan fingerprint density at radius 1 is 1.50 bits per heavy atom. The summed E-state index contributed by atoms with van der Waals surface area (Å²) >= 11 is 1.65. The molecule has 1 aromatic rings. The number of benzene rings is 1. The van der Waals surface area contributed by atoms with Crippen molar-refractivity contribution in [3.05, 3.63) is 51.2 Å². The van der Waals surface area contributed by atoms with Crippen molar-refractivity contribution < 1.29 is 0 Å². The first-order valence-corrected chi connectivity index (χ1v) is 6.84. The molecule has 0 spiro atoms. The molecule has 5 heteroatoms. The van der Waals surface area contributed by atoms with Crippen LogP contribution in [0.1, 0.15) is 24.0 Å². The minimum atomic E-state index is 0.512. The molecule has 0 unspecified atom stereocenters. The van der Waals surface area contributed by atoms with Gasteiger partial charge in [0.1, 0.15) is 0 Å². The lowest BCUT2D eigenvalue weighted by molar-refractivity contribution is 0.859. The standard InChI is InChI=1S/C13H14N4S/c1-18-10-13(3-2-8-16-17-15)12-6-4-11(9-14)5-7-12/h4-7,10H,2-3,8H2,1H3/b13-10-. The molecule has 0 atom stereocenters. The van der Waals surface area contributed by atoms with Crippen molar-refractivity contribution in [1.29, 1.82) is 5.26 Å². The number of hydrogen-bond donors (Lipinski definition) is 0. The van der Waals surface area contributed by atoms with E-state index in [9.17, 15) is 0 Å². The lowest BCUT2D eigenvalue weighted by Crippen LogP contribution is -1.88. The van der Waals surface area contributed by atoms with Gasteiger partial charge >= 0.3 is 0 Å². The van der Waals surface area contributed by atoms with E-state index in [1.165, 1.54) is 5.57 Å². The van der Waals surface area contributed by atoms with Gasteiger partial charge in [0.2, 0.25) is 0 Å². The van der Waals surface area contributed by atoms with E-state index in [1.54, 1.807) is 11.8 Å². The lowest BCUT2D eigenvalue weighted by atomic mass is 10.0. The highest BCUT2D eigenvalue weighted by Gasteiger charge is 2.01. The van der Waals surface area contributed by atoms with Crippen molar-refractivity contribution >= 4 is 17.3 Å². The molecule has 1 rings (SSSR count). The molecule has 0 saturated heterocycles. The molecule has 0 N–H and O–H groups in total. The van der Waals surface area contributed by atoms with Crippen LogP contribution in [0.15, 0.2) is 34.8 Å². The molecule has 0 radical (unpaired) electrons. The van der Waals surface area contributed by atoms with Crippen LogP contribution in [0.5, 0.6) is 0 Å². The van der Waals surface area contributed by atoms with Gasteiger partial charge in [0.15, 0.2) is 0 Å². The van der Waals surface area contributed by atoms with Crippen LogP contribution in [-0.2, 0) is 0 Å². The first kappa shape index (κ1) is 14.2. The zero-order valence-corrected chi connectivity index (χ0v) is 11.0. The fourth-order valence-corrected chi connectivity index (χ4v) is 2.10. The predicted molar refractivity (Wildman–Crippen MR) is 75.9 cm³/mol. The summed E-state index contributed by atoms with van der Waals surface area (Å²) in [6, 6.07) is 9.64. The Labute approximate surface area is 111 Å². The molecule has 0 aliphatic heterocycles. The molecule has 0 heterocycles. The van der Waals surface area contributed by atoms with Crippen LogP contribution in [0, 0.1) is 11.3 Å². The van der Waals surface area contributed by atoms with Crippen molar-refractivity contribution in [3.63, 3.8) is 0 Å². The Balaban J connectivity index is 2.75. The Kier molecular flexibility index (Phi) is 6.49. The Morgan fingerprint density at radius 3 is 2.78 bits per heavy atom. The molecule has 92 valence electrons. The van der Waals surface area contributed by atoms with E-state index in [-0.39, 0.29) is 0 Å². The van der Waals surface area contributed by atoms with Crippen molar-refractivity contribution in [3.8, 4) is 6.07 Å². The molecule has 4 nitrogen and oxygen atoms in total. The molecule has 18 heavy (non-hydrogen) atoms. The van der Waals surface area contributed by atoms with E-state index in [4.69, 9.17) is 10.8 Å². The number of thioether (sulfide) groups is 1. The van der Waals surface area contributed by atoms with E-state index < -0.39 is 0 Å². The summed E-state index contributed by atoms with van der Waals surface area (Å²) in [5, 5.41) is 14.4. The molecule has 0 bridgehead atoms. The van der Waals surface area contributed by atoms with Gasteiger partial charge in [-0.3, -0.25) is 0 Å². The summed E-state index contributed by atoms with van der Waals surface area (Å²) in [7, 11) is 0. The highest BCUT2D eigenvalue weighted by atomic mass is 32.2. The van der Waals surface area contributed by atoms with E-state index >= 15 is 0 Å². The van der Waals surface area contributed by atoms with Gasteiger partial charge in [-0.2, -0.15) is 5.26 Å². The lowest BCUT2D eigenvalue weighted by Gasteiger charge is -2.06. The van der Waals surface area contributed by atoms with Crippen molar-refractivity contribution in [2.45, 2.75) is 12.8 Å². The van der Waals surface area contributed by atoms with E-state index in [1.807, 2.05) is 30.5 Å². The summed E-state index contributed by atoms with van der Waals surface area (Å²) in [6.45, 7) is 0.512. The molecule has 0 saturated carbocycles. The van der Waals surface area contributed by atoms with E-state index in [0.717, 1.165) is 18.4 Å². The van der Waals surface area contributed by atoms with Gasteiger partial charge in [-0.25, -0.2) is 0 Å². The second kappa shape index (κ2) is 8.24. The maximum atomic E-state index is 8.76. The molecule has 1 aromatic carbocycles. The third-order valence-corrected chi connectivity index (χ3v) is 2.93. The zero-order chi connectivity index (χ0) is 13.2. The minimum absolute atomic E-state index is 0.512. The average molecular weight is 258 g/mol. The molecule has 0 fully saturated rings. The summed E-state index contributed by atoms with van der Waals surface area (Å²) < 4.78 is 0. The third kappa shape index (κ3) is 4.54. The average Bonchev–Trinajstić information content (AvgIpc) is 2.42. The quantitative estimate of drug-likeness (QED) is 0.329. The zero-order valence-electron chi connectivity index (χ0n) is 10.2. The maximum Gasteiger partial charge on any atom is 0.0991 e. The van der Waals surface area contributed by atoms with Gasteiger partial charge in [-0.05, 0) is 53.3 Å². The summed E-state index contributed by atoms with van der Waals surface area (Å²) in [4.78, 5) is 2.74. The summed E-state index contributed by atoms with van der Waals surface area (Å²) in [5.41, 5.74) is 11.2. The van der Waals surface area contributed by atoms with Crippen LogP contribution in [0.25, 0.3) is 16.0 Å². The number of allylic oxidation sites excluding steroid dienone is 1. The van der Waals surface area contributed by atoms with Crippen LogP contribution in [0.4, 0.5) is 0 Å². The van der Waals surface area contributed by atoms with Crippen LogP contribution >= 0.6 is 11.8 Å². The van der Waals surface area contributed by atoms with Gasteiger partial charge in [0.25, 0.3) is 0 Å². The monoisotopic (exact) mass is 258 g/mol. The first-order chi connectivity index (χ1) is 8.81. The maximum absolute atomic E-state index is 8.76. The Morgan fingerprint density at radius 2 is 2.22 bits per heavy atom. The number of azide groups is 1. The van der Waals surface area contributed by atoms with Crippen LogP contribution < -0.4 is 0 Å². The number of rotatable bonds is 6. The second-order valence-electron chi connectivity index (χ2n) is 3.63. The largest absolute Gasteiger partial charge is 0.192 e. The van der Waals surface area contributed by atoms with Crippen molar-refractivity contribution in [1.82, 2.24) is 0 Å². The van der Waals surface area contributed by atoms with Crippen LogP contribution in [0.3, 0.4) is 0 Å². The Bertz CT molecular complexity index is 493. The molecular formula is C13H14N4S. The van der Waals surface area contributed by atoms with Gasteiger partial charge in [-0.15, -0.1) is 11.8 Å². The second-order valence-corrected chi connectivity index (χ2v) is 4.33. The SMILES string of the molecule is CS/C=C(/CCCN=[N+]=[N-])c1ccc(C#N)cc1. The molecule has 0 aromatic heterocycles. The van der Waals surface area contributed by atoms with Gasteiger partial charge < -0.3 is 0 Å². The number of nitrogens with zero attached hydrogens (tertiary/aromatic N) is 4. The van der Waals surface area contributed by atoms with Crippen LogP contribution in [0.2, 0.25) is 0 Å². The first-order valence-electron chi connectivity index (χ1n) is 5.55. The van der Waals surface area contributed by atoms with Gasteiger partial charge in [0, 0.05) is 11.5 Å². The Hall–Kier alpha value is -1.89. The van der Waals surface area contributed by atoms with Crippen molar-refractivity contribution in [2.24, 2.45) is 5.11 Å².